The van der Waals surface area contributed by atoms with Gasteiger partial charge in [-0.3, -0.25) is 0 Å². The van der Waals surface area contributed by atoms with E-state index >= 15 is 0 Å². The fourth-order valence-electron chi connectivity index (χ4n) is 2.48. The summed E-state index contributed by atoms with van der Waals surface area (Å²) in [6.45, 7) is 1.51. The molecule has 0 atom stereocenters. The Morgan fingerprint density at radius 1 is 1.09 bits per heavy atom. The van der Waals surface area contributed by atoms with Crippen LogP contribution >= 0.6 is 0 Å². The van der Waals surface area contributed by atoms with Gasteiger partial charge in [0.1, 0.15) is 0 Å². The topological polar surface area (TPSA) is 42.3 Å². The van der Waals surface area contributed by atoms with Crippen molar-refractivity contribution in [3.8, 4) is 0 Å². The second-order valence-electron chi connectivity index (χ2n) is 5.70. The summed E-state index contributed by atoms with van der Waals surface area (Å²) >= 11 is -0.241. The molecule has 3 aromatic rings. The number of fused-ring (bicyclic) bond motifs is 1. The molecule has 118 valence electrons. The molecule has 0 amide bonds. The Hall–Kier alpha value is -1.94. The Bertz CT molecular complexity index is 894. The van der Waals surface area contributed by atoms with Crippen molar-refractivity contribution in [1.29, 1.82) is 0 Å². The predicted molar refractivity (Wildman–Crippen MR) is 93.6 cm³/mol. The summed E-state index contributed by atoms with van der Waals surface area (Å²) in [4.78, 5) is 26.8. The number of rotatable bonds is 5. The van der Waals surface area contributed by atoms with E-state index in [9.17, 15) is 9.59 Å². The molecular formula is C18H18N2O2Se. The molecule has 0 saturated heterocycles. The Kier molecular flexibility index (Phi) is 4.62. The second kappa shape index (κ2) is 6.67. The van der Waals surface area contributed by atoms with Crippen molar-refractivity contribution in [3.63, 3.8) is 0 Å². The first-order valence-corrected chi connectivity index (χ1v) is 9.15. The van der Waals surface area contributed by atoms with E-state index in [0.717, 1.165) is 16.3 Å². The van der Waals surface area contributed by atoms with Gasteiger partial charge < -0.3 is 0 Å². The second-order valence-corrected chi connectivity index (χ2v) is 7.78. The molecule has 0 saturated carbocycles. The van der Waals surface area contributed by atoms with E-state index in [-0.39, 0.29) is 24.7 Å². The molecule has 0 radical (unpaired) electrons. The fourth-order valence-corrected chi connectivity index (χ4v) is 4.48. The Morgan fingerprint density at radius 3 is 2.52 bits per heavy atom. The van der Waals surface area contributed by atoms with Gasteiger partial charge in [0.25, 0.3) is 0 Å². The monoisotopic (exact) mass is 374 g/mol. The first kappa shape index (κ1) is 15.9. The molecule has 0 aliphatic carbocycles. The molecule has 2 aromatic carbocycles. The Morgan fingerprint density at radius 2 is 1.83 bits per heavy atom. The molecule has 1 aromatic heterocycles. The zero-order chi connectivity index (χ0) is 16.4. The molecule has 0 aliphatic heterocycles. The fraction of sp³-hybridized carbons (Fsp3) is 0.222. The van der Waals surface area contributed by atoms with Crippen molar-refractivity contribution < 1.29 is 4.79 Å². The number of hydrogen-bond acceptors (Lipinski definition) is 3. The van der Waals surface area contributed by atoms with E-state index < -0.39 is 0 Å². The number of carbonyl (C=O) groups excluding carboxylic acids is 1. The minimum atomic E-state index is -0.241. The van der Waals surface area contributed by atoms with E-state index in [1.807, 2.05) is 67.2 Å². The van der Waals surface area contributed by atoms with Gasteiger partial charge in [0.2, 0.25) is 0 Å². The first-order chi connectivity index (χ1) is 11.1. The summed E-state index contributed by atoms with van der Waals surface area (Å²) in [5, 5.41) is 0. The van der Waals surface area contributed by atoms with Crippen LogP contribution < -0.4 is 4.43 Å². The van der Waals surface area contributed by atoms with E-state index in [1.54, 1.807) is 0 Å². The van der Waals surface area contributed by atoms with Crippen LogP contribution in [0.3, 0.4) is 0 Å². The molecule has 0 fully saturated rings. The SMILES string of the molecule is CN(C)CCn1c(=O)[se]c2cc(C(=O)c3ccccc3)ccc21. The summed E-state index contributed by atoms with van der Waals surface area (Å²) in [6, 6.07) is 14.9. The van der Waals surface area contributed by atoms with Gasteiger partial charge in [0.05, 0.1) is 0 Å². The number of nitrogens with zero attached hydrogens (tertiary/aromatic N) is 2. The zero-order valence-corrected chi connectivity index (χ0v) is 14.9. The maximum absolute atomic E-state index is 12.5. The summed E-state index contributed by atoms with van der Waals surface area (Å²) in [5.74, 6) is 0.00314. The van der Waals surface area contributed by atoms with Gasteiger partial charge in [-0.2, -0.15) is 0 Å². The third-order valence-electron chi connectivity index (χ3n) is 3.74. The van der Waals surface area contributed by atoms with E-state index in [4.69, 9.17) is 0 Å². The molecule has 0 N–H and O–H groups in total. The van der Waals surface area contributed by atoms with Crippen LogP contribution in [0.1, 0.15) is 15.9 Å². The molecule has 4 nitrogen and oxygen atoms in total. The van der Waals surface area contributed by atoms with Crippen molar-refractivity contribution in [2.75, 3.05) is 20.6 Å². The summed E-state index contributed by atoms with van der Waals surface area (Å²) in [6.07, 6.45) is 0. The van der Waals surface area contributed by atoms with Crippen molar-refractivity contribution in [2.24, 2.45) is 0 Å². The quantitative estimate of drug-likeness (QED) is 0.507. The van der Waals surface area contributed by atoms with Gasteiger partial charge in [0.15, 0.2) is 0 Å². The van der Waals surface area contributed by atoms with Crippen LogP contribution in [-0.2, 0) is 6.54 Å². The molecule has 0 aliphatic rings. The molecule has 0 spiro atoms. The molecule has 0 bridgehead atoms. The third-order valence-corrected chi connectivity index (χ3v) is 5.71. The van der Waals surface area contributed by atoms with Crippen LogP contribution in [0.5, 0.6) is 0 Å². The maximum atomic E-state index is 12.5. The normalized spacial score (nSPS) is 11.3. The van der Waals surface area contributed by atoms with E-state index in [2.05, 4.69) is 4.90 Å². The third kappa shape index (κ3) is 3.37. The first-order valence-electron chi connectivity index (χ1n) is 7.44. The Balaban J connectivity index is 1.97. The van der Waals surface area contributed by atoms with E-state index in [0.29, 0.717) is 17.7 Å². The number of ketones is 1. The molecular weight excluding hydrogens is 355 g/mol. The summed E-state index contributed by atoms with van der Waals surface area (Å²) in [7, 11) is 3.99. The van der Waals surface area contributed by atoms with Crippen LogP contribution in [0, 0.1) is 0 Å². The average molecular weight is 373 g/mol. The molecule has 1 heterocycles. The number of aromatic nitrogens is 1. The molecule has 0 unspecified atom stereocenters. The van der Waals surface area contributed by atoms with Gasteiger partial charge in [-0.05, 0) is 0 Å². The van der Waals surface area contributed by atoms with Gasteiger partial charge in [-0.15, -0.1) is 0 Å². The van der Waals surface area contributed by atoms with Gasteiger partial charge in [-0.25, -0.2) is 0 Å². The van der Waals surface area contributed by atoms with Crippen molar-refractivity contribution in [2.45, 2.75) is 6.54 Å². The number of hydrogen-bond donors (Lipinski definition) is 0. The average Bonchev–Trinajstić information content (AvgIpc) is 2.87. The number of carbonyl (C=O) groups is 1. The predicted octanol–water partition coefficient (Wildman–Crippen LogP) is 1.85. The van der Waals surface area contributed by atoms with Crippen LogP contribution in [0.15, 0.2) is 53.3 Å². The van der Waals surface area contributed by atoms with Crippen LogP contribution in [-0.4, -0.2) is 50.4 Å². The van der Waals surface area contributed by atoms with E-state index in [1.165, 1.54) is 0 Å². The van der Waals surface area contributed by atoms with Gasteiger partial charge in [-0.1, -0.05) is 0 Å². The van der Waals surface area contributed by atoms with Crippen LogP contribution in [0.2, 0.25) is 0 Å². The van der Waals surface area contributed by atoms with Gasteiger partial charge in [0, 0.05) is 0 Å². The standard InChI is InChI=1S/C18H18N2O2Se/c1-19(2)10-11-20-15-9-8-14(12-16(15)23-18(20)22)17(21)13-6-4-3-5-7-13/h3-9,12H,10-11H2,1-2H3. The molecule has 3 rings (SSSR count). The number of likely N-dealkylation sites (N-methyl/N-ethyl adjacent to an activating group) is 1. The Labute approximate surface area is 140 Å². The van der Waals surface area contributed by atoms with Gasteiger partial charge >= 0.3 is 140 Å². The molecule has 5 heteroatoms. The summed E-state index contributed by atoms with van der Waals surface area (Å²) < 4.78 is 3.01. The van der Waals surface area contributed by atoms with Crippen molar-refractivity contribution in [3.05, 3.63) is 68.9 Å². The van der Waals surface area contributed by atoms with Crippen LogP contribution in [0.4, 0.5) is 0 Å². The van der Waals surface area contributed by atoms with Crippen LogP contribution in [0.25, 0.3) is 9.78 Å². The summed E-state index contributed by atoms with van der Waals surface area (Å²) in [5.41, 5.74) is 2.29. The number of benzene rings is 2. The minimum absolute atomic E-state index is 0.00314. The van der Waals surface area contributed by atoms with Crippen molar-refractivity contribution in [1.82, 2.24) is 9.47 Å². The molecule has 23 heavy (non-hydrogen) atoms. The zero-order valence-electron chi connectivity index (χ0n) is 13.2. The van der Waals surface area contributed by atoms with Crippen molar-refractivity contribution >= 4 is 30.1 Å².